The second-order valence-electron chi connectivity index (χ2n) is 7.71. The average Bonchev–Trinajstić information content (AvgIpc) is 2.76. The molecule has 1 N–H and O–H groups in total. The van der Waals surface area contributed by atoms with Crippen LogP contribution in [0, 0.1) is 0 Å². The lowest BCUT2D eigenvalue weighted by Crippen LogP contribution is -2.33. The molecule has 2 aromatic rings. The van der Waals surface area contributed by atoms with Crippen molar-refractivity contribution in [3.63, 3.8) is 0 Å². The highest BCUT2D eigenvalue weighted by atomic mass is 32.2. The number of aryl methyl sites for hydroxylation is 1. The van der Waals surface area contributed by atoms with Gasteiger partial charge in [-0.2, -0.15) is 0 Å². The van der Waals surface area contributed by atoms with Crippen LogP contribution < -0.4 is 19.1 Å². The van der Waals surface area contributed by atoms with Crippen LogP contribution in [-0.2, 0) is 21.2 Å². The van der Waals surface area contributed by atoms with Crippen LogP contribution >= 0.6 is 0 Å². The summed E-state index contributed by atoms with van der Waals surface area (Å²) in [6.45, 7) is 0.233. The largest absolute Gasteiger partial charge is 0.497 e. The molecule has 0 fully saturated rings. The lowest BCUT2D eigenvalue weighted by atomic mass is 9.87. The van der Waals surface area contributed by atoms with Crippen LogP contribution in [0.2, 0.25) is 0 Å². The minimum atomic E-state index is -3.46. The third-order valence-corrected chi connectivity index (χ3v) is 6.72. The number of amides is 1. The van der Waals surface area contributed by atoms with E-state index in [1.165, 1.54) is 16.1 Å². The summed E-state index contributed by atoms with van der Waals surface area (Å²) in [5.41, 5.74) is 2.90. The van der Waals surface area contributed by atoms with E-state index in [2.05, 4.69) is 5.32 Å². The van der Waals surface area contributed by atoms with E-state index in [0.717, 1.165) is 30.6 Å². The predicted octanol–water partition coefficient (Wildman–Crippen LogP) is 3.44. The first-order valence-corrected chi connectivity index (χ1v) is 12.2. The van der Waals surface area contributed by atoms with Crippen molar-refractivity contribution in [2.45, 2.75) is 38.1 Å². The summed E-state index contributed by atoms with van der Waals surface area (Å²) in [5.74, 6) is 1.41. The molecule has 3 rings (SSSR count). The van der Waals surface area contributed by atoms with Gasteiger partial charge in [-0.1, -0.05) is 6.07 Å². The Morgan fingerprint density at radius 3 is 2.42 bits per heavy atom. The number of ether oxygens (including phenoxy) is 2. The number of sulfonamides is 1. The Bertz CT molecular complexity index is 1010. The molecule has 0 unspecified atom stereocenters. The first-order chi connectivity index (χ1) is 14.8. The van der Waals surface area contributed by atoms with Gasteiger partial charge in [-0.05, 0) is 73.2 Å². The Morgan fingerprint density at radius 1 is 1.10 bits per heavy atom. The maximum Gasteiger partial charge on any atom is 0.232 e. The van der Waals surface area contributed by atoms with Crippen molar-refractivity contribution in [1.29, 1.82) is 0 Å². The van der Waals surface area contributed by atoms with Gasteiger partial charge in [0.2, 0.25) is 15.9 Å². The number of nitrogens with one attached hydrogen (secondary N) is 1. The van der Waals surface area contributed by atoms with Gasteiger partial charge in [0.1, 0.15) is 11.5 Å². The van der Waals surface area contributed by atoms with Crippen molar-refractivity contribution in [3.8, 4) is 11.5 Å². The maximum absolute atomic E-state index is 12.6. The van der Waals surface area contributed by atoms with Gasteiger partial charge >= 0.3 is 0 Å². The fraction of sp³-hybridized carbons (Fsp3) is 0.435. The second kappa shape index (κ2) is 10.0. The Hall–Kier alpha value is -2.74. The zero-order valence-electron chi connectivity index (χ0n) is 18.3. The first-order valence-electron chi connectivity index (χ1n) is 10.4. The van der Waals surface area contributed by atoms with Crippen LogP contribution in [0.4, 0.5) is 5.69 Å². The van der Waals surface area contributed by atoms with E-state index in [4.69, 9.17) is 9.47 Å². The van der Waals surface area contributed by atoms with Gasteiger partial charge in [0.25, 0.3) is 0 Å². The molecule has 0 spiro atoms. The molecular formula is C23H30N2O5S. The lowest BCUT2D eigenvalue weighted by Gasteiger charge is -2.27. The summed E-state index contributed by atoms with van der Waals surface area (Å²) < 4.78 is 36.3. The molecule has 1 aliphatic rings. The molecule has 2 aromatic carbocycles. The van der Waals surface area contributed by atoms with E-state index < -0.39 is 10.0 Å². The Labute approximate surface area is 184 Å². The molecule has 8 heteroatoms. The molecule has 0 bridgehead atoms. The number of nitrogens with zero attached hydrogens (tertiary/aromatic N) is 1. The molecule has 7 nitrogen and oxygen atoms in total. The smallest absolute Gasteiger partial charge is 0.232 e. The molecule has 1 aliphatic carbocycles. The molecule has 0 saturated carbocycles. The van der Waals surface area contributed by atoms with Crippen LogP contribution in [0.5, 0.6) is 11.5 Å². The van der Waals surface area contributed by atoms with E-state index in [0.29, 0.717) is 17.9 Å². The Kier molecular flexibility index (Phi) is 7.43. The van der Waals surface area contributed by atoms with Crippen LogP contribution in [0.3, 0.4) is 0 Å². The number of carbonyl (C=O) groups excluding carboxylic acids is 1. The molecule has 0 heterocycles. The molecule has 0 saturated heterocycles. The molecule has 1 amide bonds. The Balaban J connectivity index is 1.59. The van der Waals surface area contributed by atoms with E-state index >= 15 is 0 Å². The summed E-state index contributed by atoms with van der Waals surface area (Å²) in [7, 11) is -0.253. The van der Waals surface area contributed by atoms with Gasteiger partial charge in [0.15, 0.2) is 0 Å². The molecule has 0 radical (unpaired) electrons. The lowest BCUT2D eigenvalue weighted by molar-refractivity contribution is -0.122. The van der Waals surface area contributed by atoms with Gasteiger partial charge in [-0.15, -0.1) is 0 Å². The second-order valence-corrected chi connectivity index (χ2v) is 9.62. The molecule has 168 valence electrons. The van der Waals surface area contributed by atoms with Crippen LogP contribution in [0.25, 0.3) is 0 Å². The summed E-state index contributed by atoms with van der Waals surface area (Å²) in [4.78, 5) is 12.6. The van der Waals surface area contributed by atoms with Crippen molar-refractivity contribution >= 4 is 21.6 Å². The van der Waals surface area contributed by atoms with Gasteiger partial charge in [-0.3, -0.25) is 9.10 Å². The van der Waals surface area contributed by atoms with Crippen molar-refractivity contribution in [2.24, 2.45) is 0 Å². The molecule has 31 heavy (non-hydrogen) atoms. The summed E-state index contributed by atoms with van der Waals surface area (Å²) in [6.07, 6.45) is 4.72. The van der Waals surface area contributed by atoms with Gasteiger partial charge in [0.05, 0.1) is 32.2 Å². The fourth-order valence-electron chi connectivity index (χ4n) is 3.95. The molecule has 1 atom stereocenters. The van der Waals surface area contributed by atoms with Crippen molar-refractivity contribution in [1.82, 2.24) is 5.32 Å². The van der Waals surface area contributed by atoms with Crippen LogP contribution in [0.1, 0.15) is 42.9 Å². The standard InChI is InChI=1S/C23H30N2O5S/c1-29-19-11-9-18(10-12-19)25(31(3,27)28)15-5-8-23(26)24-22-7-4-6-17-16-20(30-2)13-14-21(17)22/h9-14,16,22H,4-8,15H2,1-3H3,(H,24,26)/t22-/m0/s1. The number of carbonyl (C=O) groups is 1. The van der Waals surface area contributed by atoms with Crippen molar-refractivity contribution in [2.75, 3.05) is 31.3 Å². The summed E-state index contributed by atoms with van der Waals surface area (Å²) in [5, 5.41) is 3.12. The Morgan fingerprint density at radius 2 is 1.77 bits per heavy atom. The SMILES string of the molecule is COc1ccc(N(CCCC(=O)N[C@H]2CCCc3cc(OC)ccc32)S(C)(=O)=O)cc1. The number of fused-ring (bicyclic) bond motifs is 1. The minimum Gasteiger partial charge on any atom is -0.497 e. The third kappa shape index (κ3) is 5.91. The number of hydrogen-bond donors (Lipinski definition) is 1. The molecule has 0 aliphatic heterocycles. The first kappa shape index (κ1) is 22.9. The van der Waals surface area contributed by atoms with Crippen molar-refractivity contribution in [3.05, 3.63) is 53.6 Å². The van der Waals surface area contributed by atoms with Crippen LogP contribution in [0.15, 0.2) is 42.5 Å². The zero-order chi connectivity index (χ0) is 22.4. The van der Waals surface area contributed by atoms with E-state index in [9.17, 15) is 13.2 Å². The topological polar surface area (TPSA) is 84.9 Å². The number of hydrogen-bond acceptors (Lipinski definition) is 5. The normalized spacial score (nSPS) is 15.6. The van der Waals surface area contributed by atoms with Gasteiger partial charge in [0, 0.05) is 13.0 Å². The third-order valence-electron chi connectivity index (χ3n) is 5.53. The number of methoxy groups -OCH3 is 2. The van der Waals surface area contributed by atoms with Gasteiger partial charge in [-0.25, -0.2) is 8.42 Å². The quantitative estimate of drug-likeness (QED) is 0.638. The van der Waals surface area contributed by atoms with E-state index in [1.807, 2.05) is 18.2 Å². The average molecular weight is 447 g/mol. The minimum absolute atomic E-state index is 0.0187. The zero-order valence-corrected chi connectivity index (χ0v) is 19.1. The molecule has 0 aromatic heterocycles. The predicted molar refractivity (Wildman–Crippen MR) is 121 cm³/mol. The van der Waals surface area contributed by atoms with Gasteiger partial charge < -0.3 is 14.8 Å². The number of benzene rings is 2. The molecular weight excluding hydrogens is 416 g/mol. The van der Waals surface area contributed by atoms with E-state index in [-0.39, 0.29) is 24.9 Å². The number of anilines is 1. The summed E-state index contributed by atoms with van der Waals surface area (Å²) in [6, 6.07) is 12.8. The summed E-state index contributed by atoms with van der Waals surface area (Å²) >= 11 is 0. The maximum atomic E-state index is 12.6. The highest BCUT2D eigenvalue weighted by Crippen LogP contribution is 2.32. The fourth-order valence-corrected chi connectivity index (χ4v) is 4.92. The number of rotatable bonds is 9. The highest BCUT2D eigenvalue weighted by molar-refractivity contribution is 7.92. The van der Waals surface area contributed by atoms with Crippen molar-refractivity contribution < 1.29 is 22.7 Å². The monoisotopic (exact) mass is 446 g/mol. The van der Waals surface area contributed by atoms with Crippen LogP contribution in [-0.4, -0.2) is 41.3 Å². The van der Waals surface area contributed by atoms with E-state index in [1.54, 1.807) is 38.5 Å². The highest BCUT2D eigenvalue weighted by Gasteiger charge is 2.23.